The number of benzene rings is 1. The molecule has 2 fully saturated rings. The molecule has 0 unspecified atom stereocenters. The van der Waals surface area contributed by atoms with E-state index in [1.165, 1.54) is 12.8 Å². The van der Waals surface area contributed by atoms with Crippen LogP contribution in [0, 0.1) is 16.7 Å². The molecule has 1 aliphatic heterocycles. The molecule has 20 heavy (non-hydrogen) atoms. The predicted molar refractivity (Wildman–Crippen MR) is 81.6 cm³/mol. The molecule has 3 heteroatoms. The molecule has 2 aliphatic rings. The topological polar surface area (TPSA) is 32.3 Å². The molecule has 1 N–H and O–H groups in total. The van der Waals surface area contributed by atoms with E-state index in [1.807, 2.05) is 35.2 Å². The number of hydrogen-bond donors (Lipinski definition) is 1. The van der Waals surface area contributed by atoms with E-state index in [9.17, 15) is 4.79 Å². The van der Waals surface area contributed by atoms with E-state index in [4.69, 9.17) is 0 Å². The van der Waals surface area contributed by atoms with E-state index in [-0.39, 0.29) is 6.03 Å². The predicted octanol–water partition coefficient (Wildman–Crippen LogP) is 3.98. The summed E-state index contributed by atoms with van der Waals surface area (Å²) in [5.74, 6) is 0.628. The van der Waals surface area contributed by atoms with Crippen LogP contribution in [0.1, 0.15) is 33.6 Å². The maximum atomic E-state index is 12.5. The van der Waals surface area contributed by atoms with Crippen LogP contribution < -0.4 is 5.32 Å². The van der Waals surface area contributed by atoms with Crippen LogP contribution in [-0.2, 0) is 0 Å². The van der Waals surface area contributed by atoms with Crippen molar-refractivity contribution in [2.24, 2.45) is 16.7 Å². The van der Waals surface area contributed by atoms with Crippen molar-refractivity contribution in [3.05, 3.63) is 30.3 Å². The van der Waals surface area contributed by atoms with Crippen molar-refractivity contribution < 1.29 is 4.79 Å². The number of hydrogen-bond acceptors (Lipinski definition) is 1. The highest BCUT2D eigenvalue weighted by Crippen LogP contribution is 2.55. The van der Waals surface area contributed by atoms with Crippen LogP contribution in [0.2, 0.25) is 0 Å². The molecule has 0 aromatic heterocycles. The van der Waals surface area contributed by atoms with Gasteiger partial charge in [-0.1, -0.05) is 39.0 Å². The van der Waals surface area contributed by atoms with Gasteiger partial charge in [-0.15, -0.1) is 0 Å². The highest BCUT2D eigenvalue weighted by atomic mass is 16.2. The minimum Gasteiger partial charge on any atom is -0.324 e. The van der Waals surface area contributed by atoms with Crippen LogP contribution >= 0.6 is 0 Å². The molecular weight excluding hydrogens is 248 g/mol. The molecule has 2 bridgehead atoms. The molecule has 108 valence electrons. The van der Waals surface area contributed by atoms with Crippen LogP contribution in [0.25, 0.3) is 0 Å². The van der Waals surface area contributed by atoms with Gasteiger partial charge in [0.05, 0.1) is 0 Å². The molecule has 1 aliphatic carbocycles. The zero-order valence-electron chi connectivity index (χ0n) is 12.6. The Morgan fingerprint density at radius 1 is 1.25 bits per heavy atom. The summed E-state index contributed by atoms with van der Waals surface area (Å²) in [4.78, 5) is 14.5. The Hall–Kier alpha value is -1.51. The van der Waals surface area contributed by atoms with Gasteiger partial charge in [0, 0.05) is 18.8 Å². The highest BCUT2D eigenvalue weighted by Gasteiger charge is 2.52. The van der Waals surface area contributed by atoms with Gasteiger partial charge in [-0.2, -0.15) is 0 Å². The fourth-order valence-electron chi connectivity index (χ4n) is 4.29. The van der Waals surface area contributed by atoms with Crippen molar-refractivity contribution in [2.75, 3.05) is 18.4 Å². The number of anilines is 1. The van der Waals surface area contributed by atoms with Crippen molar-refractivity contribution in [1.29, 1.82) is 0 Å². The van der Waals surface area contributed by atoms with Crippen LogP contribution in [-0.4, -0.2) is 24.0 Å². The lowest BCUT2D eigenvalue weighted by atomic mass is 9.82. The minimum absolute atomic E-state index is 0.0461. The number of piperidine rings is 1. The quantitative estimate of drug-likeness (QED) is 0.824. The molecule has 1 saturated heterocycles. The summed E-state index contributed by atoms with van der Waals surface area (Å²) in [6.45, 7) is 8.80. The number of carbonyl (C=O) groups excluding carboxylic acids is 1. The standard InChI is InChI=1S/C17H24N2O/c1-16(2)11-17(3)9-13(16)10-19(12-17)15(20)18-14-7-5-4-6-8-14/h4-8,13H,9-12H2,1-3H3,(H,18,20)/t13-,17-/m1/s1. The summed E-state index contributed by atoms with van der Waals surface area (Å²) in [5, 5.41) is 3.01. The SMILES string of the molecule is CC1(C)C[C@@]2(C)C[C@@H]1CN(C(=O)Nc1ccccc1)C2. The van der Waals surface area contributed by atoms with E-state index < -0.39 is 0 Å². The zero-order valence-corrected chi connectivity index (χ0v) is 12.6. The first-order valence-corrected chi connectivity index (χ1v) is 7.49. The Morgan fingerprint density at radius 3 is 2.60 bits per heavy atom. The monoisotopic (exact) mass is 272 g/mol. The molecule has 1 heterocycles. The Labute approximate surface area is 121 Å². The van der Waals surface area contributed by atoms with Crippen molar-refractivity contribution in [2.45, 2.75) is 33.6 Å². The van der Waals surface area contributed by atoms with Crippen molar-refractivity contribution >= 4 is 11.7 Å². The molecular formula is C17H24N2O. The highest BCUT2D eigenvalue weighted by molar-refractivity contribution is 5.89. The number of amides is 2. The molecule has 1 saturated carbocycles. The molecule has 3 rings (SSSR count). The maximum Gasteiger partial charge on any atom is 0.321 e. The average molecular weight is 272 g/mol. The van der Waals surface area contributed by atoms with Gasteiger partial charge >= 0.3 is 6.03 Å². The molecule has 2 atom stereocenters. The summed E-state index contributed by atoms with van der Waals surface area (Å²) in [5.41, 5.74) is 1.52. The first kappa shape index (κ1) is 13.5. The van der Waals surface area contributed by atoms with Gasteiger partial charge in [0.25, 0.3) is 0 Å². The third kappa shape index (κ3) is 2.41. The summed E-state index contributed by atoms with van der Waals surface area (Å²) in [6.07, 6.45) is 2.48. The molecule has 1 aromatic rings. The van der Waals surface area contributed by atoms with E-state index in [0.29, 0.717) is 16.7 Å². The largest absolute Gasteiger partial charge is 0.324 e. The second-order valence-electron chi connectivity index (χ2n) is 7.55. The maximum absolute atomic E-state index is 12.5. The van der Waals surface area contributed by atoms with Crippen molar-refractivity contribution in [1.82, 2.24) is 4.90 Å². The normalized spacial score (nSPS) is 31.1. The Bertz CT molecular complexity index is 511. The lowest BCUT2D eigenvalue weighted by Gasteiger charge is -2.38. The summed E-state index contributed by atoms with van der Waals surface area (Å²) < 4.78 is 0. The van der Waals surface area contributed by atoms with Crippen LogP contribution in [0.15, 0.2) is 30.3 Å². The first-order chi connectivity index (χ1) is 9.38. The van der Waals surface area contributed by atoms with E-state index >= 15 is 0 Å². The van der Waals surface area contributed by atoms with Gasteiger partial charge < -0.3 is 10.2 Å². The number of para-hydroxylation sites is 1. The van der Waals surface area contributed by atoms with Gasteiger partial charge in [-0.25, -0.2) is 4.79 Å². The van der Waals surface area contributed by atoms with Crippen LogP contribution in [0.5, 0.6) is 0 Å². The third-order valence-electron chi connectivity index (χ3n) is 5.05. The Balaban J connectivity index is 1.72. The summed E-state index contributed by atoms with van der Waals surface area (Å²) in [6, 6.07) is 9.76. The first-order valence-electron chi connectivity index (χ1n) is 7.49. The Kier molecular flexibility index (Phi) is 3.03. The Morgan fingerprint density at radius 2 is 1.95 bits per heavy atom. The van der Waals surface area contributed by atoms with Gasteiger partial charge in [0.2, 0.25) is 0 Å². The van der Waals surface area contributed by atoms with E-state index in [2.05, 4.69) is 26.1 Å². The lowest BCUT2D eigenvalue weighted by molar-refractivity contribution is 0.125. The van der Waals surface area contributed by atoms with Gasteiger partial charge in [-0.3, -0.25) is 0 Å². The minimum atomic E-state index is 0.0461. The van der Waals surface area contributed by atoms with Gasteiger partial charge in [-0.05, 0) is 41.7 Å². The molecule has 2 amide bonds. The number of rotatable bonds is 1. The fraction of sp³-hybridized carbons (Fsp3) is 0.588. The lowest BCUT2D eigenvalue weighted by Crippen LogP contribution is -2.47. The summed E-state index contributed by atoms with van der Waals surface area (Å²) >= 11 is 0. The molecule has 0 spiro atoms. The third-order valence-corrected chi connectivity index (χ3v) is 5.05. The number of carbonyl (C=O) groups is 1. The summed E-state index contributed by atoms with van der Waals surface area (Å²) in [7, 11) is 0. The second-order valence-corrected chi connectivity index (χ2v) is 7.55. The van der Waals surface area contributed by atoms with Gasteiger partial charge in [0.15, 0.2) is 0 Å². The number of urea groups is 1. The number of fused-ring (bicyclic) bond motifs is 2. The van der Waals surface area contributed by atoms with Crippen LogP contribution in [0.3, 0.4) is 0 Å². The van der Waals surface area contributed by atoms with Crippen LogP contribution in [0.4, 0.5) is 10.5 Å². The molecule has 3 nitrogen and oxygen atoms in total. The zero-order chi connectivity index (χ0) is 14.4. The smallest absolute Gasteiger partial charge is 0.321 e. The second kappa shape index (κ2) is 4.51. The van der Waals surface area contributed by atoms with Gasteiger partial charge in [0.1, 0.15) is 0 Å². The fourth-order valence-corrected chi connectivity index (χ4v) is 4.29. The van der Waals surface area contributed by atoms with Crippen molar-refractivity contribution in [3.63, 3.8) is 0 Å². The van der Waals surface area contributed by atoms with E-state index in [1.54, 1.807) is 0 Å². The number of likely N-dealkylation sites (tertiary alicyclic amines) is 1. The van der Waals surface area contributed by atoms with E-state index in [0.717, 1.165) is 18.8 Å². The van der Waals surface area contributed by atoms with Crippen molar-refractivity contribution in [3.8, 4) is 0 Å². The average Bonchev–Trinajstić information content (AvgIpc) is 2.54. The molecule has 0 radical (unpaired) electrons. The number of nitrogens with zero attached hydrogens (tertiary/aromatic N) is 1. The molecule has 1 aromatic carbocycles. The number of nitrogens with one attached hydrogen (secondary N) is 1.